The Morgan fingerprint density at radius 3 is 0.764 bits per heavy atom. The van der Waals surface area contributed by atoms with Crippen LogP contribution in [-0.2, 0) is 0 Å². The molecule has 0 fully saturated rings. The molecule has 0 N–H and O–H groups in total. The van der Waals surface area contributed by atoms with E-state index in [1.54, 1.807) is 0 Å². The molecule has 19 aromatic carbocycles. The van der Waals surface area contributed by atoms with E-state index >= 15 is 0 Å². The van der Waals surface area contributed by atoms with Gasteiger partial charge in [0, 0.05) is 33.4 Å². The van der Waals surface area contributed by atoms with Crippen molar-refractivity contribution in [3.8, 4) is 124 Å². The number of hydrogen-bond donors (Lipinski definition) is 0. The lowest BCUT2D eigenvalue weighted by atomic mass is 9.94. The van der Waals surface area contributed by atoms with E-state index in [-0.39, 0.29) is 0 Å². The van der Waals surface area contributed by atoms with Crippen LogP contribution < -0.4 is 0 Å². The van der Waals surface area contributed by atoms with Gasteiger partial charge in [0.1, 0.15) is 0 Å². The maximum atomic E-state index is 5.36. The SMILES string of the molecule is c1ccc(-c2ccc(-c3nc(-c4ccc5ccccc5c4)nc(-c4ccccc4-c4ccc5cc(-c6ccc7ccccc7c6)ccc5c4)n3)cc2)cc1.c1ccc(-c2nc(-c3ccc4ccccc4c3)nc(-c3c4ccccc4cc4ccccc34)n2)c(-c2ccc3cc(-c4ccc5ccccc5c4)ccc3c2)c1. The van der Waals surface area contributed by atoms with Crippen molar-refractivity contribution in [3.63, 3.8) is 0 Å². The lowest BCUT2D eigenvalue weighted by Gasteiger charge is -2.15. The Kier molecular flexibility index (Phi) is 16.5. The van der Waals surface area contributed by atoms with Gasteiger partial charge in [-0.25, -0.2) is 29.9 Å². The highest BCUT2D eigenvalue weighted by Crippen LogP contribution is 2.42. The first-order valence-corrected chi connectivity index (χ1v) is 37.3. The summed E-state index contributed by atoms with van der Waals surface area (Å²) in [5.41, 5.74) is 17.3. The third-order valence-corrected chi connectivity index (χ3v) is 21.3. The van der Waals surface area contributed by atoms with Gasteiger partial charge in [0.25, 0.3) is 0 Å². The van der Waals surface area contributed by atoms with Crippen molar-refractivity contribution in [3.05, 3.63) is 400 Å². The Hall–Kier alpha value is -14.7. The van der Waals surface area contributed by atoms with Crippen LogP contribution in [0.3, 0.4) is 0 Å². The van der Waals surface area contributed by atoms with Crippen LogP contribution in [0.2, 0.25) is 0 Å². The molecule has 6 heteroatoms. The summed E-state index contributed by atoms with van der Waals surface area (Å²) < 4.78 is 0. The lowest BCUT2D eigenvalue weighted by molar-refractivity contribution is 1.07. The quantitative estimate of drug-likeness (QED) is 0.120. The van der Waals surface area contributed by atoms with Gasteiger partial charge in [-0.1, -0.05) is 346 Å². The third-order valence-electron chi connectivity index (χ3n) is 21.3. The lowest BCUT2D eigenvalue weighted by Crippen LogP contribution is -2.02. The maximum Gasteiger partial charge on any atom is 0.165 e. The van der Waals surface area contributed by atoms with E-state index in [1.807, 2.05) is 6.07 Å². The number of benzene rings is 19. The minimum absolute atomic E-state index is 0.636. The summed E-state index contributed by atoms with van der Waals surface area (Å²) in [5, 5.41) is 18.9. The predicted molar refractivity (Wildman–Crippen MR) is 459 cm³/mol. The largest absolute Gasteiger partial charge is 0.208 e. The molecule has 0 unspecified atom stereocenters. The third kappa shape index (κ3) is 12.6. The van der Waals surface area contributed by atoms with E-state index in [2.05, 4.69) is 394 Å². The Labute approximate surface area is 636 Å². The maximum absolute atomic E-state index is 5.36. The monoisotopic (exact) mass is 1400 g/mol. The molecule has 0 amide bonds. The Morgan fingerprint density at radius 2 is 0.355 bits per heavy atom. The number of rotatable bonds is 11. The highest BCUT2D eigenvalue weighted by Gasteiger charge is 2.22. The zero-order valence-electron chi connectivity index (χ0n) is 59.8. The molecule has 21 rings (SSSR count). The zero-order valence-corrected chi connectivity index (χ0v) is 59.8. The Balaban J connectivity index is 0.000000144. The number of fused-ring (bicyclic) bond motifs is 8. The molecule has 0 aliphatic heterocycles. The van der Waals surface area contributed by atoms with Gasteiger partial charge in [0.15, 0.2) is 34.9 Å². The molecule has 0 bridgehead atoms. The predicted octanol–water partition coefficient (Wildman–Crippen LogP) is 27.3. The van der Waals surface area contributed by atoms with Crippen molar-refractivity contribution in [2.75, 3.05) is 0 Å². The van der Waals surface area contributed by atoms with Gasteiger partial charge in [0.05, 0.1) is 0 Å². The second-order valence-electron chi connectivity index (χ2n) is 28.1. The fraction of sp³-hybridized carbons (Fsp3) is 0. The molecule has 0 saturated carbocycles. The normalized spacial score (nSPS) is 11.5. The van der Waals surface area contributed by atoms with Crippen LogP contribution in [0.4, 0.5) is 0 Å². The van der Waals surface area contributed by atoms with Crippen molar-refractivity contribution in [2.24, 2.45) is 0 Å². The van der Waals surface area contributed by atoms with Crippen LogP contribution >= 0.6 is 0 Å². The van der Waals surface area contributed by atoms with Crippen molar-refractivity contribution >= 4 is 86.2 Å². The molecule has 110 heavy (non-hydrogen) atoms. The summed E-state index contributed by atoms with van der Waals surface area (Å²) in [5.74, 6) is 3.85. The van der Waals surface area contributed by atoms with E-state index in [4.69, 9.17) is 29.9 Å². The second kappa shape index (κ2) is 28.0. The van der Waals surface area contributed by atoms with Crippen LogP contribution in [0.5, 0.6) is 0 Å². The van der Waals surface area contributed by atoms with Crippen LogP contribution in [0.25, 0.3) is 210 Å². The Bertz CT molecular complexity index is 7120. The van der Waals surface area contributed by atoms with Crippen LogP contribution in [0.1, 0.15) is 0 Å². The molecule has 2 aromatic heterocycles. The first kappa shape index (κ1) is 64.8. The molecule has 0 aliphatic rings. The van der Waals surface area contributed by atoms with Crippen molar-refractivity contribution in [1.29, 1.82) is 0 Å². The number of aromatic nitrogens is 6. The average Bonchev–Trinajstić information content (AvgIpc) is 0.749. The van der Waals surface area contributed by atoms with E-state index in [1.165, 1.54) is 81.7 Å². The topological polar surface area (TPSA) is 77.3 Å². The number of hydrogen-bond acceptors (Lipinski definition) is 6. The van der Waals surface area contributed by atoms with Gasteiger partial charge >= 0.3 is 0 Å². The van der Waals surface area contributed by atoms with E-state index < -0.39 is 0 Å². The van der Waals surface area contributed by atoms with Crippen LogP contribution in [-0.4, -0.2) is 29.9 Å². The van der Waals surface area contributed by atoms with Gasteiger partial charge in [0.2, 0.25) is 0 Å². The molecule has 6 nitrogen and oxygen atoms in total. The van der Waals surface area contributed by atoms with Crippen LogP contribution in [0.15, 0.2) is 400 Å². The van der Waals surface area contributed by atoms with Crippen molar-refractivity contribution < 1.29 is 0 Å². The number of nitrogens with zero attached hydrogens (tertiary/aromatic N) is 6. The molecule has 21 aromatic rings. The summed E-state index contributed by atoms with van der Waals surface area (Å²) in [4.78, 5) is 31.3. The average molecular weight is 1400 g/mol. The van der Waals surface area contributed by atoms with Crippen molar-refractivity contribution in [1.82, 2.24) is 29.9 Å². The van der Waals surface area contributed by atoms with E-state index in [0.29, 0.717) is 34.9 Å². The molecule has 0 saturated heterocycles. The molecular formula is C104H66N6. The summed E-state index contributed by atoms with van der Waals surface area (Å²) in [6.45, 7) is 0. The van der Waals surface area contributed by atoms with Crippen molar-refractivity contribution in [2.45, 2.75) is 0 Å². The molecule has 0 spiro atoms. The first-order valence-electron chi connectivity index (χ1n) is 37.3. The molecule has 2 heterocycles. The zero-order chi connectivity index (χ0) is 72.9. The first-order chi connectivity index (χ1) is 54.4. The smallest absolute Gasteiger partial charge is 0.165 e. The summed E-state index contributed by atoms with van der Waals surface area (Å²) >= 11 is 0. The Morgan fingerprint density at radius 1 is 0.118 bits per heavy atom. The standard InChI is InChI=1S/C53H33N3.C51H33N3/c1-3-13-36-29-38(23-21-34(36)11-1)39-24-25-41-31-44(27-26-40(41)30-39)46-17-9-10-20-49(46)52-54-51(45-28-22-35-12-2-4-14-37(35)32-45)55-53(56-52)50-47-18-7-5-15-42(47)33-43-16-6-8-19-48(43)50;1-2-10-34(11-3-1)37-18-22-38(23-19-37)49-52-50(46-29-21-36-13-5-7-15-40(36)33-46)54-51(53-49)48-17-9-8-16-47(48)45-28-27-43-31-42(25-26-44(43)32-45)41-24-20-35-12-4-6-14-39(35)30-41/h1-33H;1-33H. The van der Waals surface area contributed by atoms with E-state index in [9.17, 15) is 0 Å². The highest BCUT2D eigenvalue weighted by molar-refractivity contribution is 6.12. The summed E-state index contributed by atoms with van der Waals surface area (Å²) in [6, 6.07) is 142. The summed E-state index contributed by atoms with van der Waals surface area (Å²) in [6.07, 6.45) is 0. The molecule has 0 atom stereocenters. The fourth-order valence-corrected chi connectivity index (χ4v) is 15.6. The molecular weight excluding hydrogens is 1330 g/mol. The highest BCUT2D eigenvalue weighted by atomic mass is 15.0. The van der Waals surface area contributed by atoms with Gasteiger partial charge in [-0.2, -0.15) is 0 Å². The van der Waals surface area contributed by atoms with E-state index in [0.717, 1.165) is 93.5 Å². The second-order valence-corrected chi connectivity index (χ2v) is 28.1. The van der Waals surface area contributed by atoms with Crippen LogP contribution in [0, 0.1) is 0 Å². The molecule has 0 aliphatic carbocycles. The van der Waals surface area contributed by atoms with Gasteiger partial charge in [-0.05, 0) is 196 Å². The fourth-order valence-electron chi connectivity index (χ4n) is 15.6. The van der Waals surface area contributed by atoms with Gasteiger partial charge in [-0.3, -0.25) is 0 Å². The van der Waals surface area contributed by atoms with Gasteiger partial charge < -0.3 is 0 Å². The minimum Gasteiger partial charge on any atom is -0.208 e. The van der Waals surface area contributed by atoms with Gasteiger partial charge in [-0.15, -0.1) is 0 Å². The summed E-state index contributed by atoms with van der Waals surface area (Å²) in [7, 11) is 0. The molecule has 512 valence electrons. The minimum atomic E-state index is 0.636. The molecule has 0 radical (unpaired) electrons.